The monoisotopic (exact) mass is 427 g/mol. The molecule has 4 aromatic rings. The number of anilines is 1. The molecule has 0 bridgehead atoms. The Morgan fingerprint density at radius 2 is 1.93 bits per heavy atom. The summed E-state index contributed by atoms with van der Waals surface area (Å²) in [6.45, 7) is 1.90. The lowest BCUT2D eigenvalue weighted by Crippen LogP contribution is -2.14. The van der Waals surface area contributed by atoms with Crippen molar-refractivity contribution in [1.82, 2.24) is 19.8 Å². The highest BCUT2D eigenvalue weighted by Crippen LogP contribution is 2.22. The van der Waals surface area contributed by atoms with Crippen molar-refractivity contribution in [3.8, 4) is 11.3 Å². The van der Waals surface area contributed by atoms with Gasteiger partial charge in [0.25, 0.3) is 0 Å². The van der Waals surface area contributed by atoms with Crippen LogP contribution in [0.15, 0.2) is 59.8 Å². The maximum atomic E-state index is 13.1. The third-order valence-corrected chi connectivity index (χ3v) is 5.49. The Labute approximate surface area is 175 Å². The number of aromatic nitrogens is 4. The number of carbonyl (C=O) groups is 1. The van der Waals surface area contributed by atoms with Gasteiger partial charge in [0.2, 0.25) is 11.1 Å². The second-order valence-corrected chi connectivity index (χ2v) is 7.63. The van der Waals surface area contributed by atoms with Crippen molar-refractivity contribution in [2.75, 3.05) is 11.1 Å². The second-order valence-electron chi connectivity index (χ2n) is 6.28. The van der Waals surface area contributed by atoms with Crippen LogP contribution in [0.3, 0.4) is 0 Å². The molecule has 29 heavy (non-hydrogen) atoms. The zero-order chi connectivity index (χ0) is 20.4. The van der Waals surface area contributed by atoms with E-state index in [1.54, 1.807) is 40.9 Å². The van der Waals surface area contributed by atoms with Gasteiger partial charge >= 0.3 is 0 Å². The van der Waals surface area contributed by atoms with E-state index >= 15 is 0 Å². The minimum atomic E-state index is -0.309. The average molecular weight is 428 g/mol. The van der Waals surface area contributed by atoms with Crippen LogP contribution in [0.5, 0.6) is 0 Å². The minimum Gasteiger partial charge on any atom is -0.325 e. The van der Waals surface area contributed by atoms with Gasteiger partial charge in [-0.05, 0) is 61.0 Å². The molecule has 9 heteroatoms. The van der Waals surface area contributed by atoms with Crippen molar-refractivity contribution >= 4 is 40.6 Å². The zero-order valence-corrected chi connectivity index (χ0v) is 16.8. The predicted molar refractivity (Wildman–Crippen MR) is 112 cm³/mol. The predicted octanol–water partition coefficient (Wildman–Crippen LogP) is 4.62. The summed E-state index contributed by atoms with van der Waals surface area (Å²) < 4.78 is 14.7. The fourth-order valence-corrected chi connectivity index (χ4v) is 3.50. The Morgan fingerprint density at radius 3 is 2.69 bits per heavy atom. The van der Waals surface area contributed by atoms with Gasteiger partial charge in [0.05, 0.1) is 11.4 Å². The minimum absolute atomic E-state index is 0.134. The molecule has 2 heterocycles. The standard InChI is InChI=1S/C20H15ClFN5OS/c1-12-2-7-15(10-16(12)21)23-19(28)11-29-20-25-24-18-9-8-17(26-27(18)20)13-3-5-14(22)6-4-13/h2-10H,11H2,1H3,(H,23,28). The number of thioether (sulfide) groups is 1. The first kappa shape index (κ1) is 19.4. The number of rotatable bonds is 5. The molecule has 146 valence electrons. The molecule has 1 N–H and O–H groups in total. The summed E-state index contributed by atoms with van der Waals surface area (Å²) in [6.07, 6.45) is 0. The number of carbonyl (C=O) groups excluding carboxylic acids is 1. The largest absolute Gasteiger partial charge is 0.325 e. The van der Waals surface area contributed by atoms with Crippen LogP contribution in [-0.4, -0.2) is 31.5 Å². The average Bonchev–Trinajstić information content (AvgIpc) is 3.12. The van der Waals surface area contributed by atoms with Crippen molar-refractivity contribution in [2.45, 2.75) is 12.1 Å². The molecule has 6 nitrogen and oxygen atoms in total. The lowest BCUT2D eigenvalue weighted by molar-refractivity contribution is -0.113. The number of fused-ring (bicyclic) bond motifs is 1. The summed E-state index contributed by atoms with van der Waals surface area (Å²) in [7, 11) is 0. The van der Waals surface area contributed by atoms with Crippen LogP contribution in [0.2, 0.25) is 5.02 Å². The number of aryl methyl sites for hydroxylation is 1. The van der Waals surface area contributed by atoms with E-state index in [2.05, 4.69) is 20.6 Å². The summed E-state index contributed by atoms with van der Waals surface area (Å²) in [5.41, 5.74) is 3.56. The number of nitrogens with one attached hydrogen (secondary N) is 1. The van der Waals surface area contributed by atoms with Gasteiger partial charge in [-0.3, -0.25) is 4.79 Å². The van der Waals surface area contributed by atoms with Crippen LogP contribution < -0.4 is 5.32 Å². The van der Waals surface area contributed by atoms with Gasteiger partial charge < -0.3 is 5.32 Å². The van der Waals surface area contributed by atoms with E-state index in [0.717, 1.165) is 11.1 Å². The summed E-state index contributed by atoms with van der Waals surface area (Å²) in [5, 5.41) is 16.6. The Morgan fingerprint density at radius 1 is 1.14 bits per heavy atom. The maximum Gasteiger partial charge on any atom is 0.234 e. The first-order valence-electron chi connectivity index (χ1n) is 8.67. The lowest BCUT2D eigenvalue weighted by Gasteiger charge is -2.06. The molecule has 0 spiro atoms. The van der Waals surface area contributed by atoms with Crippen molar-refractivity contribution in [1.29, 1.82) is 0 Å². The maximum absolute atomic E-state index is 13.1. The number of hydrogen-bond donors (Lipinski definition) is 1. The second kappa shape index (κ2) is 8.18. The molecule has 0 aliphatic carbocycles. The topological polar surface area (TPSA) is 72.2 Å². The van der Waals surface area contributed by atoms with Crippen LogP contribution in [0, 0.1) is 12.7 Å². The van der Waals surface area contributed by atoms with Crippen LogP contribution >= 0.6 is 23.4 Å². The fraction of sp³-hybridized carbons (Fsp3) is 0.100. The number of hydrogen-bond acceptors (Lipinski definition) is 5. The molecular weight excluding hydrogens is 413 g/mol. The number of benzene rings is 2. The van der Waals surface area contributed by atoms with Crippen LogP contribution in [0.25, 0.3) is 16.9 Å². The molecule has 0 saturated heterocycles. The van der Waals surface area contributed by atoms with Gasteiger partial charge in [-0.1, -0.05) is 29.4 Å². The SMILES string of the molecule is Cc1ccc(NC(=O)CSc2nnc3ccc(-c4ccc(F)cc4)nn23)cc1Cl. The highest BCUT2D eigenvalue weighted by atomic mass is 35.5. The number of amides is 1. The molecule has 0 atom stereocenters. The Balaban J connectivity index is 1.48. The Hall–Kier alpha value is -2.97. The van der Waals surface area contributed by atoms with E-state index in [0.29, 0.717) is 27.2 Å². The first-order valence-corrected chi connectivity index (χ1v) is 10.0. The summed E-state index contributed by atoms with van der Waals surface area (Å²) in [4.78, 5) is 12.3. The van der Waals surface area contributed by atoms with Gasteiger partial charge in [0.15, 0.2) is 5.65 Å². The lowest BCUT2D eigenvalue weighted by atomic mass is 10.1. The number of halogens is 2. The molecule has 0 fully saturated rings. The van der Waals surface area contributed by atoms with Crippen LogP contribution in [0.1, 0.15) is 5.56 Å². The molecule has 1 amide bonds. The molecule has 0 unspecified atom stereocenters. The van der Waals surface area contributed by atoms with E-state index in [9.17, 15) is 9.18 Å². The van der Waals surface area contributed by atoms with Crippen LogP contribution in [0.4, 0.5) is 10.1 Å². The highest BCUT2D eigenvalue weighted by molar-refractivity contribution is 7.99. The number of nitrogens with zero attached hydrogens (tertiary/aromatic N) is 4. The van der Waals surface area contributed by atoms with E-state index in [1.165, 1.54) is 23.9 Å². The molecule has 0 saturated carbocycles. The van der Waals surface area contributed by atoms with Crippen molar-refractivity contribution in [2.24, 2.45) is 0 Å². The summed E-state index contributed by atoms with van der Waals surface area (Å²) >= 11 is 7.31. The quantitative estimate of drug-likeness (QED) is 0.470. The molecule has 0 radical (unpaired) electrons. The van der Waals surface area contributed by atoms with E-state index in [4.69, 9.17) is 11.6 Å². The van der Waals surface area contributed by atoms with Gasteiger partial charge in [0.1, 0.15) is 5.82 Å². The third-order valence-electron chi connectivity index (χ3n) is 4.16. The van der Waals surface area contributed by atoms with Crippen molar-refractivity contribution in [3.05, 3.63) is 71.0 Å². The van der Waals surface area contributed by atoms with E-state index < -0.39 is 0 Å². The van der Waals surface area contributed by atoms with Gasteiger partial charge in [-0.25, -0.2) is 4.39 Å². The molecule has 2 aromatic carbocycles. The van der Waals surface area contributed by atoms with Crippen molar-refractivity contribution < 1.29 is 9.18 Å². The van der Waals surface area contributed by atoms with E-state index in [1.807, 2.05) is 13.0 Å². The summed E-state index contributed by atoms with van der Waals surface area (Å²) in [5.74, 6) is -0.369. The van der Waals surface area contributed by atoms with Gasteiger partial charge in [-0.2, -0.15) is 9.61 Å². The zero-order valence-electron chi connectivity index (χ0n) is 15.3. The van der Waals surface area contributed by atoms with E-state index in [-0.39, 0.29) is 17.5 Å². The molecule has 0 aliphatic heterocycles. The highest BCUT2D eigenvalue weighted by Gasteiger charge is 2.12. The molecular formula is C20H15ClFN5OS. The third kappa shape index (κ3) is 4.38. The Kier molecular flexibility index (Phi) is 5.46. The Bertz CT molecular complexity index is 1200. The normalized spacial score (nSPS) is 11.0. The molecule has 2 aromatic heterocycles. The van der Waals surface area contributed by atoms with Gasteiger partial charge in [0, 0.05) is 16.3 Å². The first-order chi connectivity index (χ1) is 14.0. The summed E-state index contributed by atoms with van der Waals surface area (Å²) in [6, 6.07) is 15.0. The molecule has 4 rings (SSSR count). The van der Waals surface area contributed by atoms with Gasteiger partial charge in [-0.15, -0.1) is 10.2 Å². The smallest absolute Gasteiger partial charge is 0.234 e. The van der Waals surface area contributed by atoms with Crippen LogP contribution in [-0.2, 0) is 4.79 Å². The van der Waals surface area contributed by atoms with Crippen molar-refractivity contribution in [3.63, 3.8) is 0 Å². The fourth-order valence-electron chi connectivity index (χ4n) is 2.63. The molecule has 0 aliphatic rings.